The maximum Gasteiger partial charge on any atom is 0.269 e. The number of nitrogens with one attached hydrogen (secondary N) is 3. The molecule has 0 spiro atoms. The highest BCUT2D eigenvalue weighted by Gasteiger charge is 2.18. The Morgan fingerprint density at radius 2 is 1.76 bits per heavy atom. The smallest absolute Gasteiger partial charge is 0.269 e. The molecular formula is C22H18ClN5O4S. The topological polar surface area (TPSA) is 122 Å². The van der Waals surface area contributed by atoms with Crippen LogP contribution in [0.2, 0.25) is 5.02 Å². The van der Waals surface area contributed by atoms with Crippen LogP contribution in [0.25, 0.3) is 5.65 Å². The number of hydrogen-bond acceptors (Lipinski definition) is 5. The predicted molar refractivity (Wildman–Crippen MR) is 123 cm³/mol. The van der Waals surface area contributed by atoms with Gasteiger partial charge in [-0.15, -0.1) is 0 Å². The zero-order valence-corrected chi connectivity index (χ0v) is 18.6. The molecular weight excluding hydrogens is 466 g/mol. The average Bonchev–Trinajstić information content (AvgIpc) is 3.21. The predicted octanol–water partition coefficient (Wildman–Crippen LogP) is 2.79. The van der Waals surface area contributed by atoms with Gasteiger partial charge >= 0.3 is 0 Å². The van der Waals surface area contributed by atoms with Crippen LogP contribution in [0.15, 0.2) is 84.0 Å². The molecule has 0 saturated heterocycles. The SMILES string of the molecule is O=C(Cc1cn2ccccc2n1)NNC(=O)c1cccc(S(=O)(=O)Nc2ccccc2Cl)c1. The van der Waals surface area contributed by atoms with Crippen LogP contribution in [0.5, 0.6) is 0 Å². The van der Waals surface area contributed by atoms with E-state index in [1.165, 1.54) is 30.3 Å². The fraction of sp³-hybridized carbons (Fsp3) is 0.0455. The minimum Gasteiger partial charge on any atom is -0.307 e. The number of fused-ring (bicyclic) bond motifs is 1. The fourth-order valence-corrected chi connectivity index (χ4v) is 4.40. The molecule has 33 heavy (non-hydrogen) atoms. The maximum absolute atomic E-state index is 12.7. The number of benzene rings is 2. The first-order chi connectivity index (χ1) is 15.8. The summed E-state index contributed by atoms with van der Waals surface area (Å²) in [6, 6.07) is 17.3. The van der Waals surface area contributed by atoms with E-state index < -0.39 is 21.8 Å². The Hall–Kier alpha value is -3.89. The molecule has 2 heterocycles. The van der Waals surface area contributed by atoms with Crippen molar-refractivity contribution in [1.82, 2.24) is 20.2 Å². The zero-order chi connectivity index (χ0) is 23.4. The van der Waals surface area contributed by atoms with Gasteiger partial charge in [0, 0.05) is 18.0 Å². The van der Waals surface area contributed by atoms with Gasteiger partial charge in [-0.05, 0) is 42.5 Å². The number of carbonyl (C=O) groups is 2. The van der Waals surface area contributed by atoms with Crippen molar-refractivity contribution in [3.05, 3.63) is 95.4 Å². The summed E-state index contributed by atoms with van der Waals surface area (Å²) < 4.78 is 29.6. The highest BCUT2D eigenvalue weighted by atomic mass is 35.5. The molecule has 168 valence electrons. The summed E-state index contributed by atoms with van der Waals surface area (Å²) in [5.41, 5.74) is 6.09. The van der Waals surface area contributed by atoms with Crippen LogP contribution in [0.3, 0.4) is 0 Å². The van der Waals surface area contributed by atoms with E-state index >= 15 is 0 Å². The van der Waals surface area contributed by atoms with Crippen LogP contribution < -0.4 is 15.6 Å². The van der Waals surface area contributed by atoms with Crippen LogP contribution in [0, 0.1) is 0 Å². The van der Waals surface area contributed by atoms with E-state index in [1.807, 2.05) is 24.4 Å². The van der Waals surface area contributed by atoms with Crippen molar-refractivity contribution >= 4 is 44.8 Å². The molecule has 0 saturated carbocycles. The second-order valence-electron chi connectivity index (χ2n) is 6.99. The number of para-hydroxylation sites is 1. The molecule has 0 fully saturated rings. The number of aromatic nitrogens is 2. The molecule has 2 aromatic carbocycles. The molecule has 9 nitrogen and oxygen atoms in total. The fourth-order valence-electron chi connectivity index (χ4n) is 3.03. The van der Waals surface area contributed by atoms with Gasteiger partial charge < -0.3 is 4.40 Å². The minimum atomic E-state index is -3.99. The monoisotopic (exact) mass is 483 g/mol. The first kappa shape index (κ1) is 22.3. The largest absolute Gasteiger partial charge is 0.307 e. The Kier molecular flexibility index (Phi) is 6.29. The molecule has 2 aromatic heterocycles. The lowest BCUT2D eigenvalue weighted by Gasteiger charge is -2.11. The van der Waals surface area contributed by atoms with Gasteiger partial charge in [-0.1, -0.05) is 35.9 Å². The van der Waals surface area contributed by atoms with E-state index in [4.69, 9.17) is 11.6 Å². The van der Waals surface area contributed by atoms with Gasteiger partial charge in [-0.3, -0.25) is 25.2 Å². The molecule has 2 amide bonds. The summed E-state index contributed by atoms with van der Waals surface area (Å²) >= 11 is 6.01. The molecule has 0 unspecified atom stereocenters. The van der Waals surface area contributed by atoms with Crippen LogP contribution in [-0.2, 0) is 21.2 Å². The van der Waals surface area contributed by atoms with Crippen LogP contribution in [0.1, 0.15) is 16.1 Å². The number of carbonyl (C=O) groups excluding carboxylic acids is 2. The lowest BCUT2D eigenvalue weighted by molar-refractivity contribution is -0.121. The standard InChI is InChI=1S/C22H18ClN5O4S/c23-18-8-1-2-9-19(18)27-33(31,32)17-7-5-6-15(12-17)22(30)26-25-21(29)13-16-14-28-11-4-3-10-20(28)24-16/h1-12,14,27H,13H2,(H,25,29)(H,26,30). The summed E-state index contributed by atoms with van der Waals surface area (Å²) in [5.74, 6) is -1.15. The van der Waals surface area contributed by atoms with E-state index in [0.717, 1.165) is 0 Å². The summed E-state index contributed by atoms with van der Waals surface area (Å²) in [7, 11) is -3.99. The molecule has 0 atom stereocenters. The maximum atomic E-state index is 12.7. The number of rotatable bonds is 6. The molecule has 0 aliphatic rings. The van der Waals surface area contributed by atoms with E-state index in [2.05, 4.69) is 20.6 Å². The Balaban J connectivity index is 1.40. The number of hydrazine groups is 1. The van der Waals surface area contributed by atoms with Gasteiger partial charge in [0.1, 0.15) is 5.65 Å². The number of sulfonamides is 1. The van der Waals surface area contributed by atoms with Crippen LogP contribution in [0.4, 0.5) is 5.69 Å². The molecule has 0 aliphatic carbocycles. The highest BCUT2D eigenvalue weighted by molar-refractivity contribution is 7.92. The van der Waals surface area contributed by atoms with Crippen molar-refractivity contribution in [3.8, 4) is 0 Å². The minimum absolute atomic E-state index is 0.0435. The van der Waals surface area contributed by atoms with Crippen molar-refractivity contribution in [2.45, 2.75) is 11.3 Å². The quantitative estimate of drug-likeness (QED) is 0.364. The molecule has 0 aliphatic heterocycles. The van der Waals surface area contributed by atoms with Crippen molar-refractivity contribution in [2.75, 3.05) is 4.72 Å². The third kappa shape index (κ3) is 5.30. The number of nitrogens with zero attached hydrogens (tertiary/aromatic N) is 2. The van der Waals surface area contributed by atoms with E-state index in [1.54, 1.807) is 28.8 Å². The number of amides is 2. The molecule has 3 N–H and O–H groups in total. The van der Waals surface area contributed by atoms with Gasteiger partial charge in [-0.25, -0.2) is 13.4 Å². The Bertz CT molecular complexity index is 1420. The number of halogens is 1. The van der Waals surface area contributed by atoms with Gasteiger partial charge in [0.2, 0.25) is 5.91 Å². The lowest BCUT2D eigenvalue weighted by atomic mass is 10.2. The zero-order valence-electron chi connectivity index (χ0n) is 17.0. The number of imidazole rings is 1. The summed E-state index contributed by atoms with van der Waals surface area (Å²) in [4.78, 5) is 28.8. The van der Waals surface area contributed by atoms with E-state index in [9.17, 15) is 18.0 Å². The van der Waals surface area contributed by atoms with E-state index in [0.29, 0.717) is 11.3 Å². The number of anilines is 1. The van der Waals surface area contributed by atoms with Crippen molar-refractivity contribution in [1.29, 1.82) is 0 Å². The molecule has 11 heteroatoms. The third-order valence-electron chi connectivity index (χ3n) is 4.60. The van der Waals surface area contributed by atoms with Crippen molar-refractivity contribution in [2.24, 2.45) is 0 Å². The second kappa shape index (κ2) is 9.31. The van der Waals surface area contributed by atoms with Gasteiger partial charge in [0.05, 0.1) is 27.7 Å². The first-order valence-electron chi connectivity index (χ1n) is 9.71. The first-order valence-corrected chi connectivity index (χ1v) is 11.6. The summed E-state index contributed by atoms with van der Waals surface area (Å²) in [6.45, 7) is 0. The molecule has 0 radical (unpaired) electrons. The van der Waals surface area contributed by atoms with Crippen molar-refractivity contribution in [3.63, 3.8) is 0 Å². The van der Waals surface area contributed by atoms with Gasteiger partial charge in [0.25, 0.3) is 15.9 Å². The van der Waals surface area contributed by atoms with Gasteiger partial charge in [-0.2, -0.15) is 0 Å². The Morgan fingerprint density at radius 1 is 0.970 bits per heavy atom. The summed E-state index contributed by atoms with van der Waals surface area (Å²) in [6.07, 6.45) is 3.49. The second-order valence-corrected chi connectivity index (χ2v) is 9.08. The molecule has 0 bridgehead atoms. The van der Waals surface area contributed by atoms with Crippen LogP contribution in [-0.4, -0.2) is 29.6 Å². The molecule has 4 aromatic rings. The Morgan fingerprint density at radius 3 is 2.55 bits per heavy atom. The third-order valence-corrected chi connectivity index (χ3v) is 6.29. The highest BCUT2D eigenvalue weighted by Crippen LogP contribution is 2.24. The van der Waals surface area contributed by atoms with Crippen LogP contribution >= 0.6 is 11.6 Å². The average molecular weight is 484 g/mol. The molecule has 4 rings (SSSR count). The lowest BCUT2D eigenvalue weighted by Crippen LogP contribution is -2.42. The number of hydrogen-bond donors (Lipinski definition) is 3. The normalized spacial score (nSPS) is 11.2. The number of pyridine rings is 1. The van der Waals surface area contributed by atoms with Crippen molar-refractivity contribution < 1.29 is 18.0 Å². The van der Waals surface area contributed by atoms with Gasteiger partial charge in [0.15, 0.2) is 0 Å². The Labute approximate surface area is 194 Å². The summed E-state index contributed by atoms with van der Waals surface area (Å²) in [5, 5.41) is 0.239. The van der Waals surface area contributed by atoms with E-state index in [-0.39, 0.29) is 27.6 Å².